The Kier molecular flexibility index (Phi) is 3.37. The molecule has 0 saturated carbocycles. The number of rotatable bonds is 5. The maximum absolute atomic E-state index is 11.4. The van der Waals surface area contributed by atoms with Crippen LogP contribution >= 0.6 is 0 Å². The Morgan fingerprint density at radius 2 is 2.46 bits per heavy atom. The Labute approximate surface area is 76.6 Å². The average molecular weight is 180 g/mol. The van der Waals surface area contributed by atoms with Crippen molar-refractivity contribution in [2.45, 2.75) is 19.3 Å². The highest BCUT2D eigenvalue weighted by Gasteiger charge is 2.06. The molecule has 0 spiro atoms. The lowest BCUT2D eigenvalue weighted by Gasteiger charge is -1.93. The van der Waals surface area contributed by atoms with E-state index in [2.05, 4.69) is 5.10 Å². The third kappa shape index (κ3) is 2.82. The van der Waals surface area contributed by atoms with Crippen molar-refractivity contribution in [3.05, 3.63) is 18.0 Å². The number of carbonyl (C=O) groups excluding carboxylic acids is 2. The van der Waals surface area contributed by atoms with Gasteiger partial charge in [-0.1, -0.05) is 0 Å². The largest absolute Gasteiger partial charge is 0.303 e. The van der Waals surface area contributed by atoms with Gasteiger partial charge in [-0.3, -0.25) is 9.48 Å². The van der Waals surface area contributed by atoms with Gasteiger partial charge in [-0.2, -0.15) is 5.10 Å². The van der Waals surface area contributed by atoms with Gasteiger partial charge in [0.25, 0.3) is 0 Å². The van der Waals surface area contributed by atoms with Crippen molar-refractivity contribution in [1.29, 1.82) is 0 Å². The summed E-state index contributed by atoms with van der Waals surface area (Å²) in [5.41, 5.74) is 0.619. The molecule has 0 radical (unpaired) electrons. The minimum atomic E-state index is 0.0509. The number of hydrogen-bond acceptors (Lipinski definition) is 3. The molecule has 0 aromatic carbocycles. The van der Waals surface area contributed by atoms with Crippen LogP contribution in [0.3, 0.4) is 0 Å². The maximum Gasteiger partial charge on any atom is 0.166 e. The first-order valence-electron chi connectivity index (χ1n) is 4.19. The molecule has 1 aromatic heterocycles. The Morgan fingerprint density at radius 1 is 1.69 bits per heavy atom. The number of hydrogen-bond donors (Lipinski definition) is 0. The monoisotopic (exact) mass is 180 g/mol. The van der Waals surface area contributed by atoms with Gasteiger partial charge in [-0.15, -0.1) is 0 Å². The molecular weight excluding hydrogens is 168 g/mol. The van der Waals surface area contributed by atoms with Crippen LogP contribution in [0.1, 0.15) is 29.6 Å². The van der Waals surface area contributed by atoms with E-state index in [0.717, 1.165) is 6.29 Å². The minimum absolute atomic E-state index is 0.0509. The number of unbranched alkanes of at least 4 members (excludes halogenated alkanes) is 1. The number of aldehydes is 1. The van der Waals surface area contributed by atoms with Crippen molar-refractivity contribution < 1.29 is 9.59 Å². The first-order chi connectivity index (χ1) is 6.24. The van der Waals surface area contributed by atoms with Crippen molar-refractivity contribution in [2.75, 3.05) is 0 Å². The fourth-order valence-corrected chi connectivity index (χ4v) is 1.06. The summed E-state index contributed by atoms with van der Waals surface area (Å²) in [6.07, 6.45) is 5.55. The predicted octanol–water partition coefficient (Wildman–Crippen LogP) is 0.972. The molecule has 70 valence electrons. The third-order valence-corrected chi connectivity index (χ3v) is 1.75. The summed E-state index contributed by atoms with van der Waals surface area (Å²) in [6.45, 7) is 0. The van der Waals surface area contributed by atoms with Gasteiger partial charge >= 0.3 is 0 Å². The molecule has 1 heterocycles. The van der Waals surface area contributed by atoms with Crippen molar-refractivity contribution in [3.8, 4) is 0 Å². The van der Waals surface area contributed by atoms with E-state index in [0.29, 0.717) is 24.8 Å². The zero-order chi connectivity index (χ0) is 9.68. The lowest BCUT2D eigenvalue weighted by Crippen LogP contribution is -1.97. The van der Waals surface area contributed by atoms with E-state index < -0.39 is 0 Å². The smallest absolute Gasteiger partial charge is 0.166 e. The van der Waals surface area contributed by atoms with Gasteiger partial charge in [0.2, 0.25) is 0 Å². The first kappa shape index (κ1) is 9.64. The third-order valence-electron chi connectivity index (χ3n) is 1.75. The minimum Gasteiger partial charge on any atom is -0.303 e. The summed E-state index contributed by atoms with van der Waals surface area (Å²) >= 11 is 0. The van der Waals surface area contributed by atoms with Gasteiger partial charge in [0, 0.05) is 26.1 Å². The summed E-state index contributed by atoms with van der Waals surface area (Å²) in [5.74, 6) is 0.0509. The molecule has 0 fully saturated rings. The van der Waals surface area contributed by atoms with Crippen LogP contribution in [0.4, 0.5) is 0 Å². The van der Waals surface area contributed by atoms with Crippen LogP contribution < -0.4 is 0 Å². The molecular formula is C9H12N2O2. The Morgan fingerprint density at radius 3 is 3.00 bits per heavy atom. The number of nitrogens with zero attached hydrogens (tertiary/aromatic N) is 2. The second-order valence-corrected chi connectivity index (χ2v) is 2.88. The Balaban J connectivity index is 2.44. The standard InChI is InChI=1S/C9H12N2O2/c1-11-7-8(6-10-11)9(13)4-2-3-5-12/h5-7H,2-4H2,1H3. The van der Waals surface area contributed by atoms with Gasteiger partial charge in [0.05, 0.1) is 11.8 Å². The zero-order valence-corrected chi connectivity index (χ0v) is 7.56. The molecule has 4 nitrogen and oxygen atoms in total. The SMILES string of the molecule is Cn1cc(C(=O)CCCC=O)cn1. The molecule has 0 N–H and O–H groups in total. The second kappa shape index (κ2) is 4.54. The maximum atomic E-state index is 11.4. The highest BCUT2D eigenvalue weighted by molar-refractivity contribution is 5.95. The predicted molar refractivity (Wildman–Crippen MR) is 47.5 cm³/mol. The highest BCUT2D eigenvalue weighted by atomic mass is 16.1. The molecule has 13 heavy (non-hydrogen) atoms. The fourth-order valence-electron chi connectivity index (χ4n) is 1.06. The summed E-state index contributed by atoms with van der Waals surface area (Å²) in [6, 6.07) is 0. The first-order valence-corrected chi connectivity index (χ1v) is 4.19. The Hall–Kier alpha value is -1.45. The molecule has 0 aliphatic carbocycles. The van der Waals surface area contributed by atoms with E-state index in [9.17, 15) is 9.59 Å². The Bertz CT molecular complexity index is 304. The van der Waals surface area contributed by atoms with E-state index in [4.69, 9.17) is 0 Å². The van der Waals surface area contributed by atoms with Crippen molar-refractivity contribution in [2.24, 2.45) is 7.05 Å². The highest BCUT2D eigenvalue weighted by Crippen LogP contribution is 2.04. The molecule has 4 heteroatoms. The van der Waals surface area contributed by atoms with E-state index >= 15 is 0 Å². The second-order valence-electron chi connectivity index (χ2n) is 2.88. The summed E-state index contributed by atoms with van der Waals surface area (Å²) in [7, 11) is 1.77. The zero-order valence-electron chi connectivity index (χ0n) is 7.56. The molecule has 0 aliphatic rings. The molecule has 1 aromatic rings. The van der Waals surface area contributed by atoms with Crippen LogP contribution in [0.25, 0.3) is 0 Å². The molecule has 0 amide bonds. The van der Waals surface area contributed by atoms with Gasteiger partial charge < -0.3 is 4.79 Å². The number of carbonyl (C=O) groups is 2. The fraction of sp³-hybridized carbons (Fsp3) is 0.444. The topological polar surface area (TPSA) is 52.0 Å². The summed E-state index contributed by atoms with van der Waals surface area (Å²) in [4.78, 5) is 21.4. The van der Waals surface area contributed by atoms with Crippen LogP contribution in [0, 0.1) is 0 Å². The molecule has 1 rings (SSSR count). The van der Waals surface area contributed by atoms with Crippen molar-refractivity contribution >= 4 is 12.1 Å². The lowest BCUT2D eigenvalue weighted by molar-refractivity contribution is -0.107. The van der Waals surface area contributed by atoms with E-state index in [1.54, 1.807) is 24.1 Å². The van der Waals surface area contributed by atoms with Gasteiger partial charge in [0.15, 0.2) is 5.78 Å². The van der Waals surface area contributed by atoms with Crippen molar-refractivity contribution in [3.63, 3.8) is 0 Å². The van der Waals surface area contributed by atoms with Crippen LogP contribution in [-0.2, 0) is 11.8 Å². The van der Waals surface area contributed by atoms with Gasteiger partial charge in [-0.05, 0) is 6.42 Å². The van der Waals surface area contributed by atoms with Crippen LogP contribution in [0.15, 0.2) is 12.4 Å². The molecule has 0 saturated heterocycles. The van der Waals surface area contributed by atoms with Crippen LogP contribution in [0.5, 0.6) is 0 Å². The van der Waals surface area contributed by atoms with Crippen LogP contribution in [-0.4, -0.2) is 21.8 Å². The molecule has 0 unspecified atom stereocenters. The number of aromatic nitrogens is 2. The normalized spacial score (nSPS) is 9.92. The average Bonchev–Trinajstić information content (AvgIpc) is 2.52. The molecule has 0 aliphatic heterocycles. The quantitative estimate of drug-likeness (QED) is 0.385. The lowest BCUT2D eigenvalue weighted by atomic mass is 10.1. The van der Waals surface area contributed by atoms with Gasteiger partial charge in [-0.25, -0.2) is 0 Å². The molecule has 0 bridgehead atoms. The van der Waals surface area contributed by atoms with E-state index in [1.807, 2.05) is 0 Å². The summed E-state index contributed by atoms with van der Waals surface area (Å²) in [5, 5.41) is 3.89. The number of Topliss-reactive ketones (excluding diaryl/α,β-unsaturated/α-hetero) is 1. The van der Waals surface area contributed by atoms with Gasteiger partial charge in [0.1, 0.15) is 6.29 Å². The number of ketones is 1. The summed E-state index contributed by atoms with van der Waals surface area (Å²) < 4.78 is 1.59. The number of aryl methyl sites for hydroxylation is 1. The van der Waals surface area contributed by atoms with Crippen LogP contribution in [0.2, 0.25) is 0 Å². The van der Waals surface area contributed by atoms with E-state index in [-0.39, 0.29) is 5.78 Å². The van der Waals surface area contributed by atoms with Crippen molar-refractivity contribution in [1.82, 2.24) is 9.78 Å². The molecule has 0 atom stereocenters. The van der Waals surface area contributed by atoms with E-state index in [1.165, 1.54) is 0 Å².